The quantitative estimate of drug-likeness (QED) is 0.875. The van der Waals surface area contributed by atoms with Crippen LogP contribution in [0.2, 0.25) is 0 Å². The standard InChI is InChI=1S/C11H9F3N2O2S/c1-4-3-19-8-7(4)9(17)16(10(18)15-8)6-2-5(6)11(12,13)14/h3,5-6H,2H2,1H3,(H,15,18). The van der Waals surface area contributed by atoms with Crippen LogP contribution in [0.4, 0.5) is 13.2 Å². The topological polar surface area (TPSA) is 54.9 Å². The summed E-state index contributed by atoms with van der Waals surface area (Å²) in [5.41, 5.74) is -0.732. The minimum Gasteiger partial charge on any atom is -0.298 e. The molecule has 3 rings (SSSR count). The number of halogens is 3. The monoisotopic (exact) mass is 290 g/mol. The van der Waals surface area contributed by atoms with Crippen LogP contribution in [-0.4, -0.2) is 15.7 Å². The summed E-state index contributed by atoms with van der Waals surface area (Å²) in [6.07, 6.45) is -4.57. The van der Waals surface area contributed by atoms with Crippen LogP contribution in [0, 0.1) is 12.8 Å². The molecule has 0 bridgehead atoms. The van der Waals surface area contributed by atoms with Crippen molar-refractivity contribution in [1.29, 1.82) is 0 Å². The molecule has 0 aliphatic heterocycles. The molecule has 2 atom stereocenters. The normalized spacial score (nSPS) is 22.9. The Morgan fingerprint density at radius 3 is 2.68 bits per heavy atom. The number of H-pyrrole nitrogens is 1. The molecule has 2 heterocycles. The summed E-state index contributed by atoms with van der Waals surface area (Å²) in [5.74, 6) is -1.59. The first-order valence-electron chi connectivity index (χ1n) is 5.60. The molecule has 102 valence electrons. The third kappa shape index (κ3) is 1.81. The van der Waals surface area contributed by atoms with E-state index in [1.54, 1.807) is 12.3 Å². The Labute approximate surface area is 108 Å². The van der Waals surface area contributed by atoms with Crippen molar-refractivity contribution in [2.24, 2.45) is 5.92 Å². The van der Waals surface area contributed by atoms with Gasteiger partial charge in [-0.05, 0) is 24.3 Å². The third-order valence-corrected chi connectivity index (χ3v) is 4.37. The minimum atomic E-state index is -4.37. The number of fused-ring (bicyclic) bond motifs is 1. The highest BCUT2D eigenvalue weighted by Crippen LogP contribution is 2.52. The van der Waals surface area contributed by atoms with E-state index in [1.807, 2.05) is 0 Å². The van der Waals surface area contributed by atoms with Crippen LogP contribution in [0.1, 0.15) is 18.0 Å². The number of nitrogens with one attached hydrogen (secondary N) is 1. The van der Waals surface area contributed by atoms with E-state index < -0.39 is 29.4 Å². The molecule has 2 unspecified atom stereocenters. The molecular weight excluding hydrogens is 281 g/mol. The van der Waals surface area contributed by atoms with Gasteiger partial charge >= 0.3 is 11.9 Å². The Hall–Kier alpha value is -1.57. The van der Waals surface area contributed by atoms with Gasteiger partial charge in [0.25, 0.3) is 5.56 Å². The second-order valence-corrected chi connectivity index (χ2v) is 5.56. The van der Waals surface area contributed by atoms with Crippen molar-refractivity contribution in [1.82, 2.24) is 9.55 Å². The molecular formula is C11H9F3N2O2S. The zero-order valence-corrected chi connectivity index (χ0v) is 10.6. The molecule has 1 saturated carbocycles. The van der Waals surface area contributed by atoms with Crippen LogP contribution in [0.3, 0.4) is 0 Å². The Balaban J connectivity index is 2.18. The minimum absolute atomic E-state index is 0.207. The fourth-order valence-electron chi connectivity index (χ4n) is 2.29. The average Bonchev–Trinajstić information content (AvgIpc) is 2.98. The summed E-state index contributed by atoms with van der Waals surface area (Å²) < 4.78 is 38.4. The average molecular weight is 290 g/mol. The van der Waals surface area contributed by atoms with Crippen molar-refractivity contribution in [3.63, 3.8) is 0 Å². The van der Waals surface area contributed by atoms with Gasteiger partial charge < -0.3 is 0 Å². The molecule has 0 radical (unpaired) electrons. The fraction of sp³-hybridized carbons (Fsp3) is 0.455. The lowest BCUT2D eigenvalue weighted by Crippen LogP contribution is -2.35. The molecule has 1 aliphatic carbocycles. The summed E-state index contributed by atoms with van der Waals surface area (Å²) in [5, 5.41) is 2.00. The number of aromatic nitrogens is 2. The highest BCUT2D eigenvalue weighted by molar-refractivity contribution is 7.16. The van der Waals surface area contributed by atoms with Crippen molar-refractivity contribution >= 4 is 21.6 Å². The molecule has 2 aromatic rings. The summed E-state index contributed by atoms with van der Waals surface area (Å²) in [4.78, 5) is 26.8. The van der Waals surface area contributed by atoms with E-state index in [4.69, 9.17) is 0 Å². The molecule has 1 fully saturated rings. The zero-order chi connectivity index (χ0) is 13.9. The van der Waals surface area contributed by atoms with Crippen LogP contribution in [-0.2, 0) is 0 Å². The van der Waals surface area contributed by atoms with E-state index in [-0.39, 0.29) is 6.42 Å². The summed E-state index contributed by atoms with van der Waals surface area (Å²) in [6.45, 7) is 1.69. The fourth-order valence-corrected chi connectivity index (χ4v) is 3.22. The highest BCUT2D eigenvalue weighted by atomic mass is 32.1. The molecule has 2 aromatic heterocycles. The highest BCUT2D eigenvalue weighted by Gasteiger charge is 2.57. The van der Waals surface area contributed by atoms with Crippen LogP contribution in [0.15, 0.2) is 15.0 Å². The Bertz CT molecular complexity index is 771. The van der Waals surface area contributed by atoms with Gasteiger partial charge in [-0.1, -0.05) is 0 Å². The van der Waals surface area contributed by atoms with Gasteiger partial charge in [-0.2, -0.15) is 13.2 Å². The first-order valence-corrected chi connectivity index (χ1v) is 6.48. The van der Waals surface area contributed by atoms with Crippen molar-refractivity contribution in [3.8, 4) is 0 Å². The van der Waals surface area contributed by atoms with E-state index in [2.05, 4.69) is 4.98 Å². The number of hydrogen-bond acceptors (Lipinski definition) is 3. The predicted octanol–water partition coefficient (Wildman–Crippen LogP) is 2.18. The molecule has 8 heteroatoms. The molecule has 0 saturated heterocycles. The largest absolute Gasteiger partial charge is 0.393 e. The van der Waals surface area contributed by atoms with E-state index >= 15 is 0 Å². The second kappa shape index (κ2) is 3.72. The number of rotatable bonds is 1. The maximum absolute atomic E-state index is 12.5. The number of aromatic amines is 1. The molecule has 19 heavy (non-hydrogen) atoms. The Kier molecular flexibility index (Phi) is 2.44. The van der Waals surface area contributed by atoms with Crippen molar-refractivity contribution < 1.29 is 13.2 Å². The maximum atomic E-state index is 12.5. The van der Waals surface area contributed by atoms with Gasteiger partial charge in [-0.3, -0.25) is 14.3 Å². The summed E-state index contributed by atoms with van der Waals surface area (Å²) in [6, 6.07) is -1.07. The van der Waals surface area contributed by atoms with Gasteiger partial charge in [0.1, 0.15) is 4.83 Å². The Morgan fingerprint density at radius 2 is 2.11 bits per heavy atom. The molecule has 1 N–H and O–H groups in total. The molecule has 0 spiro atoms. The smallest absolute Gasteiger partial charge is 0.298 e. The number of nitrogens with zero attached hydrogens (tertiary/aromatic N) is 1. The summed E-state index contributed by atoms with van der Waals surface area (Å²) in [7, 11) is 0. The van der Waals surface area contributed by atoms with Crippen molar-refractivity contribution in [3.05, 3.63) is 31.8 Å². The van der Waals surface area contributed by atoms with Crippen LogP contribution < -0.4 is 11.2 Å². The van der Waals surface area contributed by atoms with Gasteiger partial charge in [0.15, 0.2) is 0 Å². The predicted molar refractivity (Wildman–Crippen MR) is 64.6 cm³/mol. The van der Waals surface area contributed by atoms with Crippen molar-refractivity contribution in [2.45, 2.75) is 25.6 Å². The second-order valence-electron chi connectivity index (χ2n) is 4.68. The van der Waals surface area contributed by atoms with Gasteiger partial charge in [-0.15, -0.1) is 11.3 Å². The van der Waals surface area contributed by atoms with Crippen LogP contribution in [0.25, 0.3) is 10.2 Å². The van der Waals surface area contributed by atoms with Gasteiger partial charge in [0.05, 0.1) is 17.3 Å². The molecule has 4 nitrogen and oxygen atoms in total. The lowest BCUT2D eigenvalue weighted by atomic mass is 10.3. The SMILES string of the molecule is Cc1csc2[nH]c(=O)n(C3CC3C(F)(F)F)c(=O)c12. The number of aryl methyl sites for hydroxylation is 1. The van der Waals surface area contributed by atoms with E-state index in [1.165, 1.54) is 11.3 Å². The maximum Gasteiger partial charge on any atom is 0.393 e. The molecule has 0 aromatic carbocycles. The van der Waals surface area contributed by atoms with E-state index in [0.29, 0.717) is 20.3 Å². The lowest BCUT2D eigenvalue weighted by molar-refractivity contribution is -0.150. The molecule has 0 amide bonds. The zero-order valence-electron chi connectivity index (χ0n) is 9.75. The number of alkyl halides is 3. The Morgan fingerprint density at radius 1 is 1.42 bits per heavy atom. The number of thiophene rings is 1. The van der Waals surface area contributed by atoms with E-state index in [0.717, 1.165) is 0 Å². The summed E-state index contributed by atoms with van der Waals surface area (Å²) >= 11 is 1.20. The van der Waals surface area contributed by atoms with Gasteiger partial charge in [0.2, 0.25) is 0 Å². The van der Waals surface area contributed by atoms with Gasteiger partial charge in [0, 0.05) is 0 Å². The molecule has 1 aliphatic rings. The van der Waals surface area contributed by atoms with E-state index in [9.17, 15) is 22.8 Å². The lowest BCUT2D eigenvalue weighted by Gasteiger charge is -2.07. The van der Waals surface area contributed by atoms with Crippen molar-refractivity contribution in [2.75, 3.05) is 0 Å². The van der Waals surface area contributed by atoms with Gasteiger partial charge in [-0.25, -0.2) is 4.79 Å². The van der Waals surface area contributed by atoms with Crippen LogP contribution in [0.5, 0.6) is 0 Å². The first kappa shape index (κ1) is 12.5. The van der Waals surface area contributed by atoms with Crippen LogP contribution >= 0.6 is 11.3 Å². The number of hydrogen-bond donors (Lipinski definition) is 1. The first-order chi connectivity index (χ1) is 8.80. The third-order valence-electron chi connectivity index (χ3n) is 3.36.